The fourth-order valence-electron chi connectivity index (χ4n) is 7.42. The molecule has 33 heavy (non-hydrogen) atoms. The molecule has 0 radical (unpaired) electrons. The number of rotatable bonds is 7. The topological polar surface area (TPSA) is 44.7 Å². The highest BCUT2D eigenvalue weighted by atomic mass is 16.2. The second-order valence-electron chi connectivity index (χ2n) is 10.9. The van der Waals surface area contributed by atoms with Crippen LogP contribution < -0.4 is 10.3 Å². The van der Waals surface area contributed by atoms with Gasteiger partial charge in [0.05, 0.1) is 11.6 Å². The van der Waals surface area contributed by atoms with E-state index < -0.39 is 0 Å². The Hall–Kier alpha value is -2.62. The predicted octanol–water partition coefficient (Wildman–Crippen LogP) is 5.83. The molecule has 4 aliphatic carbocycles. The molecule has 4 fully saturated rings. The molecule has 2 aromatic carbocycles. The van der Waals surface area contributed by atoms with Crippen LogP contribution in [0.2, 0.25) is 0 Å². The summed E-state index contributed by atoms with van der Waals surface area (Å²) in [7, 11) is 0. The van der Waals surface area contributed by atoms with E-state index in [0.717, 1.165) is 37.9 Å². The van der Waals surface area contributed by atoms with Crippen molar-refractivity contribution in [2.75, 3.05) is 18.0 Å². The Morgan fingerprint density at radius 1 is 1.00 bits per heavy atom. The van der Waals surface area contributed by atoms with Crippen LogP contribution >= 0.6 is 0 Å². The maximum Gasteiger partial charge on any atom is 0.246 e. The molecule has 1 amide bonds. The van der Waals surface area contributed by atoms with E-state index in [1.165, 1.54) is 36.1 Å². The first-order valence-electron chi connectivity index (χ1n) is 12.7. The maximum atomic E-state index is 13.5. The molecule has 0 saturated heterocycles. The first-order valence-corrected chi connectivity index (χ1v) is 12.7. The smallest absolute Gasteiger partial charge is 0.246 e. The van der Waals surface area contributed by atoms with Crippen molar-refractivity contribution in [3.8, 4) is 0 Å². The molecule has 174 valence electrons. The minimum atomic E-state index is -0.265. The molecular formula is C29H37N3O. The van der Waals surface area contributed by atoms with E-state index in [2.05, 4.69) is 84.7 Å². The third-order valence-electron chi connectivity index (χ3n) is 8.61. The summed E-state index contributed by atoms with van der Waals surface area (Å²) in [5.74, 6) is 1.45. The van der Waals surface area contributed by atoms with Crippen LogP contribution in [-0.4, -0.2) is 25.2 Å². The number of hydrogen-bond donors (Lipinski definition) is 1. The summed E-state index contributed by atoms with van der Waals surface area (Å²) in [6.45, 7) is 8.47. The van der Waals surface area contributed by atoms with E-state index in [1.807, 2.05) is 0 Å². The molecule has 0 aliphatic heterocycles. The summed E-state index contributed by atoms with van der Waals surface area (Å²) >= 11 is 0. The zero-order valence-corrected chi connectivity index (χ0v) is 20.3. The van der Waals surface area contributed by atoms with Crippen molar-refractivity contribution in [2.24, 2.45) is 22.4 Å². The van der Waals surface area contributed by atoms with E-state index in [9.17, 15) is 4.79 Å². The lowest BCUT2D eigenvalue weighted by atomic mass is 9.42. The average molecular weight is 444 g/mol. The Bertz CT molecular complexity index is 1010. The van der Waals surface area contributed by atoms with Crippen LogP contribution in [0.1, 0.15) is 69.1 Å². The Labute approximate surface area is 198 Å². The number of aryl methyl sites for hydroxylation is 1. The summed E-state index contributed by atoms with van der Waals surface area (Å²) in [4.78, 5) is 15.8. The maximum absolute atomic E-state index is 13.5. The molecule has 4 saturated carbocycles. The lowest BCUT2D eigenvalue weighted by Gasteiger charge is -2.61. The van der Waals surface area contributed by atoms with Gasteiger partial charge in [-0.2, -0.15) is 5.10 Å². The lowest BCUT2D eigenvalue weighted by Crippen LogP contribution is -2.58. The summed E-state index contributed by atoms with van der Waals surface area (Å²) in [6, 6.07) is 17.5. The minimum absolute atomic E-state index is 0.129. The normalized spacial score (nSPS) is 30.0. The Morgan fingerprint density at radius 3 is 2.24 bits per heavy atom. The van der Waals surface area contributed by atoms with Gasteiger partial charge in [0.15, 0.2) is 0 Å². The number of amides is 1. The number of nitrogens with one attached hydrogen (secondary N) is 1. The highest BCUT2D eigenvalue weighted by molar-refractivity contribution is 5.86. The fraction of sp³-hybridized carbons (Fsp3) is 0.517. The highest BCUT2D eigenvalue weighted by Crippen LogP contribution is 2.65. The van der Waals surface area contributed by atoms with Gasteiger partial charge in [-0.15, -0.1) is 0 Å². The molecule has 2 aromatic rings. The standard InChI is InChI=1S/C29H37N3O/c1-4-32(5-2)26-12-8-22(9-13-26)19-30-31-27(33)29-17-23-14-24(18-29)16-28(15-23,20-29)25-10-6-21(3)7-11-25/h6-13,19,23-24H,4-5,14-18,20H2,1-3H3,(H,31,33)/b30-19+. The van der Waals surface area contributed by atoms with E-state index in [4.69, 9.17) is 0 Å². The van der Waals surface area contributed by atoms with Gasteiger partial charge in [0, 0.05) is 18.8 Å². The van der Waals surface area contributed by atoms with Gasteiger partial charge < -0.3 is 4.90 Å². The molecule has 4 aliphatic rings. The van der Waals surface area contributed by atoms with E-state index >= 15 is 0 Å². The second kappa shape index (κ2) is 8.62. The first-order chi connectivity index (χ1) is 15.9. The van der Waals surface area contributed by atoms with Crippen molar-refractivity contribution >= 4 is 17.8 Å². The molecule has 1 N–H and O–H groups in total. The highest BCUT2D eigenvalue weighted by Gasteiger charge is 2.60. The fourth-order valence-corrected chi connectivity index (χ4v) is 7.42. The zero-order chi connectivity index (χ0) is 23.1. The molecule has 4 nitrogen and oxygen atoms in total. The predicted molar refractivity (Wildman–Crippen MR) is 136 cm³/mol. The van der Waals surface area contributed by atoms with E-state index in [0.29, 0.717) is 11.8 Å². The number of hydrazone groups is 1. The number of benzene rings is 2. The van der Waals surface area contributed by atoms with Crippen LogP contribution in [-0.2, 0) is 10.2 Å². The van der Waals surface area contributed by atoms with E-state index in [-0.39, 0.29) is 16.7 Å². The van der Waals surface area contributed by atoms with Crippen molar-refractivity contribution < 1.29 is 4.79 Å². The summed E-state index contributed by atoms with van der Waals surface area (Å²) in [5, 5.41) is 4.38. The molecule has 0 spiro atoms. The Balaban J connectivity index is 1.30. The number of nitrogens with zero attached hydrogens (tertiary/aromatic N) is 2. The van der Waals surface area contributed by atoms with Crippen LogP contribution in [0.3, 0.4) is 0 Å². The lowest BCUT2D eigenvalue weighted by molar-refractivity contribution is -0.149. The van der Waals surface area contributed by atoms with Gasteiger partial charge in [-0.05, 0) is 99.8 Å². The molecule has 4 heteroatoms. The number of carbonyl (C=O) groups is 1. The van der Waals surface area contributed by atoms with Crippen LogP contribution in [0.25, 0.3) is 0 Å². The molecule has 0 heterocycles. The van der Waals surface area contributed by atoms with Gasteiger partial charge in [-0.1, -0.05) is 42.0 Å². The molecular weight excluding hydrogens is 406 g/mol. The molecule has 4 bridgehead atoms. The van der Waals surface area contributed by atoms with Gasteiger partial charge in [0.1, 0.15) is 0 Å². The SMILES string of the molecule is CCN(CC)c1ccc(/C=N/NC(=O)C23CC4CC(C2)CC(c2ccc(C)cc2)(C4)C3)cc1. The summed E-state index contributed by atoms with van der Waals surface area (Å²) < 4.78 is 0. The summed E-state index contributed by atoms with van der Waals surface area (Å²) in [6.07, 6.45) is 8.57. The summed E-state index contributed by atoms with van der Waals surface area (Å²) in [5.41, 5.74) is 7.81. The van der Waals surface area contributed by atoms with Crippen molar-refractivity contribution in [2.45, 2.75) is 64.7 Å². The van der Waals surface area contributed by atoms with Crippen LogP contribution in [0, 0.1) is 24.2 Å². The van der Waals surface area contributed by atoms with Crippen molar-refractivity contribution in [1.82, 2.24) is 5.43 Å². The monoisotopic (exact) mass is 443 g/mol. The third-order valence-corrected chi connectivity index (χ3v) is 8.61. The first kappa shape index (κ1) is 22.2. The second-order valence-corrected chi connectivity index (χ2v) is 10.9. The zero-order valence-electron chi connectivity index (χ0n) is 20.3. The number of carbonyl (C=O) groups excluding carboxylic acids is 1. The van der Waals surface area contributed by atoms with Gasteiger partial charge in [-0.25, -0.2) is 5.43 Å². The molecule has 6 rings (SSSR count). The van der Waals surface area contributed by atoms with Gasteiger partial charge in [0.2, 0.25) is 5.91 Å². The number of anilines is 1. The van der Waals surface area contributed by atoms with Crippen LogP contribution in [0.15, 0.2) is 53.6 Å². The van der Waals surface area contributed by atoms with Crippen LogP contribution in [0.5, 0.6) is 0 Å². The van der Waals surface area contributed by atoms with Crippen LogP contribution in [0.4, 0.5) is 5.69 Å². The molecule has 2 unspecified atom stereocenters. The van der Waals surface area contributed by atoms with Crippen molar-refractivity contribution in [3.05, 3.63) is 65.2 Å². The molecule has 0 aromatic heterocycles. The van der Waals surface area contributed by atoms with Gasteiger partial charge in [-0.3, -0.25) is 4.79 Å². The number of hydrogen-bond acceptors (Lipinski definition) is 3. The average Bonchev–Trinajstić information content (AvgIpc) is 2.80. The van der Waals surface area contributed by atoms with Gasteiger partial charge in [0.25, 0.3) is 0 Å². The van der Waals surface area contributed by atoms with Crippen molar-refractivity contribution in [1.29, 1.82) is 0 Å². The largest absolute Gasteiger partial charge is 0.372 e. The van der Waals surface area contributed by atoms with Crippen molar-refractivity contribution in [3.63, 3.8) is 0 Å². The Kier molecular flexibility index (Phi) is 5.80. The third kappa shape index (κ3) is 4.09. The van der Waals surface area contributed by atoms with Gasteiger partial charge >= 0.3 is 0 Å². The Morgan fingerprint density at radius 2 is 1.64 bits per heavy atom. The molecule has 2 atom stereocenters. The quantitative estimate of drug-likeness (QED) is 0.432. The van der Waals surface area contributed by atoms with E-state index in [1.54, 1.807) is 6.21 Å². The minimum Gasteiger partial charge on any atom is -0.372 e.